The molecule has 1 aromatic rings. The van der Waals surface area contributed by atoms with E-state index in [0.717, 1.165) is 18.9 Å². The quantitative estimate of drug-likeness (QED) is 0.830. The zero-order valence-electron chi connectivity index (χ0n) is 9.10. The highest BCUT2D eigenvalue weighted by Crippen LogP contribution is 2.16. The molecule has 0 unspecified atom stereocenters. The molecule has 0 atom stereocenters. The van der Waals surface area contributed by atoms with Crippen LogP contribution in [0.5, 0.6) is 0 Å². The number of nitrogens with zero attached hydrogens (tertiary/aromatic N) is 1. The van der Waals surface area contributed by atoms with Crippen LogP contribution in [-0.2, 0) is 15.0 Å². The van der Waals surface area contributed by atoms with Crippen LogP contribution < -0.4 is 5.32 Å². The fourth-order valence-electron chi connectivity index (χ4n) is 1.68. The zero-order valence-corrected chi connectivity index (χ0v) is 9.91. The number of aromatic nitrogens is 1. The molecule has 0 aliphatic carbocycles. The molecule has 2 heterocycles. The average Bonchev–Trinajstić information content (AvgIpc) is 2.29. The fourth-order valence-corrected chi connectivity index (χ4v) is 2.13. The van der Waals surface area contributed by atoms with Crippen molar-refractivity contribution in [1.29, 1.82) is 0 Å². The van der Waals surface area contributed by atoms with Crippen LogP contribution in [0.3, 0.4) is 0 Å². The van der Waals surface area contributed by atoms with Gasteiger partial charge in [-0.2, -0.15) is 8.42 Å². The Labute approximate surface area is 99.2 Å². The largest absolute Gasteiger partial charge is 0.381 e. The Bertz CT molecular complexity index is 486. The summed E-state index contributed by atoms with van der Waals surface area (Å²) < 4.78 is 39.3. The van der Waals surface area contributed by atoms with Crippen LogP contribution in [0.25, 0.3) is 0 Å². The van der Waals surface area contributed by atoms with E-state index in [0.29, 0.717) is 19.0 Å². The lowest BCUT2D eigenvalue weighted by atomic mass is 10.1. The van der Waals surface area contributed by atoms with Crippen molar-refractivity contribution < 1.29 is 17.0 Å². The number of ether oxygens (including phenoxy) is 1. The van der Waals surface area contributed by atoms with E-state index in [1.807, 2.05) is 0 Å². The summed E-state index contributed by atoms with van der Waals surface area (Å²) in [5, 5.41) is 2.51. The van der Waals surface area contributed by atoms with Gasteiger partial charge in [-0.05, 0) is 25.0 Å². The summed E-state index contributed by atoms with van der Waals surface area (Å²) in [4.78, 5) is 3.72. The number of hydrogen-bond donors (Lipinski definition) is 1. The van der Waals surface area contributed by atoms with Crippen molar-refractivity contribution in [3.63, 3.8) is 0 Å². The van der Waals surface area contributed by atoms with Crippen LogP contribution >= 0.6 is 0 Å². The highest BCUT2D eigenvalue weighted by molar-refractivity contribution is 7.86. The van der Waals surface area contributed by atoms with Crippen LogP contribution in [-0.4, -0.2) is 32.7 Å². The van der Waals surface area contributed by atoms with Gasteiger partial charge in [0.25, 0.3) is 0 Å². The fraction of sp³-hybridized carbons (Fsp3) is 0.500. The standard InChI is InChI=1S/C10H13FN2O3S/c11-17(14,15)10-3-1-2-9(13-10)12-8-4-6-16-7-5-8/h1-3,8H,4-7H2,(H,12,13). The van der Waals surface area contributed by atoms with Gasteiger partial charge in [-0.1, -0.05) is 9.95 Å². The van der Waals surface area contributed by atoms with Gasteiger partial charge in [0.05, 0.1) is 0 Å². The molecular formula is C10H13FN2O3S. The molecule has 94 valence electrons. The van der Waals surface area contributed by atoms with E-state index in [-0.39, 0.29) is 6.04 Å². The van der Waals surface area contributed by atoms with Gasteiger partial charge in [-0.3, -0.25) is 0 Å². The molecule has 0 spiro atoms. The summed E-state index contributed by atoms with van der Waals surface area (Å²) in [6, 6.07) is 4.39. The second-order valence-corrected chi connectivity index (χ2v) is 5.12. The number of nitrogens with one attached hydrogen (secondary N) is 1. The third-order valence-corrected chi connectivity index (χ3v) is 3.27. The molecule has 17 heavy (non-hydrogen) atoms. The van der Waals surface area contributed by atoms with Gasteiger partial charge in [-0.25, -0.2) is 4.98 Å². The van der Waals surface area contributed by atoms with Crippen molar-refractivity contribution >= 4 is 16.0 Å². The summed E-state index contributed by atoms with van der Waals surface area (Å²) in [5.41, 5.74) is 0. The number of hydrogen-bond acceptors (Lipinski definition) is 5. The molecule has 1 fully saturated rings. The first-order chi connectivity index (χ1) is 8.05. The van der Waals surface area contributed by atoms with Crippen molar-refractivity contribution in [3.05, 3.63) is 18.2 Å². The highest BCUT2D eigenvalue weighted by Gasteiger charge is 2.17. The van der Waals surface area contributed by atoms with Crippen LogP contribution in [0.4, 0.5) is 9.70 Å². The van der Waals surface area contributed by atoms with Crippen LogP contribution in [0, 0.1) is 0 Å². The van der Waals surface area contributed by atoms with E-state index >= 15 is 0 Å². The van der Waals surface area contributed by atoms with Gasteiger partial charge < -0.3 is 10.1 Å². The molecule has 0 radical (unpaired) electrons. The molecule has 1 aliphatic rings. The zero-order chi connectivity index (χ0) is 12.3. The maximum Gasteiger partial charge on any atom is 0.349 e. The van der Waals surface area contributed by atoms with Gasteiger partial charge in [0, 0.05) is 19.3 Å². The second-order valence-electron chi connectivity index (χ2n) is 3.83. The normalized spacial score (nSPS) is 17.9. The summed E-state index contributed by atoms with van der Waals surface area (Å²) in [7, 11) is -4.74. The molecule has 5 nitrogen and oxygen atoms in total. The van der Waals surface area contributed by atoms with Crippen molar-refractivity contribution in [1.82, 2.24) is 4.98 Å². The highest BCUT2D eigenvalue weighted by atomic mass is 32.3. The molecule has 0 aromatic carbocycles. The van der Waals surface area contributed by atoms with Crippen LogP contribution in [0.1, 0.15) is 12.8 Å². The Morgan fingerprint density at radius 3 is 2.71 bits per heavy atom. The molecule has 7 heteroatoms. The SMILES string of the molecule is O=S(=O)(F)c1cccc(NC2CCOCC2)n1. The van der Waals surface area contributed by atoms with Crippen LogP contribution in [0.2, 0.25) is 0 Å². The lowest BCUT2D eigenvalue weighted by Crippen LogP contribution is -2.28. The molecular weight excluding hydrogens is 247 g/mol. The summed E-state index contributed by atoms with van der Waals surface area (Å²) >= 11 is 0. The van der Waals surface area contributed by atoms with E-state index in [9.17, 15) is 12.3 Å². The minimum absolute atomic E-state index is 0.189. The number of anilines is 1. The average molecular weight is 260 g/mol. The number of halogens is 1. The van der Waals surface area contributed by atoms with Crippen LogP contribution in [0.15, 0.2) is 23.2 Å². The molecule has 1 N–H and O–H groups in total. The first-order valence-corrected chi connectivity index (χ1v) is 6.70. The summed E-state index contributed by atoms with van der Waals surface area (Å²) in [6.07, 6.45) is 1.66. The lowest BCUT2D eigenvalue weighted by Gasteiger charge is -2.23. The number of rotatable bonds is 3. The Hall–Kier alpha value is -1.21. The Morgan fingerprint density at radius 2 is 2.06 bits per heavy atom. The minimum Gasteiger partial charge on any atom is -0.381 e. The van der Waals surface area contributed by atoms with E-state index < -0.39 is 15.2 Å². The second kappa shape index (κ2) is 4.97. The molecule has 1 saturated heterocycles. The molecule has 2 rings (SSSR count). The van der Waals surface area contributed by atoms with Gasteiger partial charge in [0.1, 0.15) is 5.82 Å². The third-order valence-electron chi connectivity index (χ3n) is 2.55. The topological polar surface area (TPSA) is 68.3 Å². The maximum absolute atomic E-state index is 12.7. The Morgan fingerprint density at radius 1 is 1.35 bits per heavy atom. The van der Waals surface area contributed by atoms with Gasteiger partial charge in [-0.15, -0.1) is 0 Å². The number of pyridine rings is 1. The van der Waals surface area contributed by atoms with Crippen molar-refractivity contribution in [3.8, 4) is 0 Å². The monoisotopic (exact) mass is 260 g/mol. The van der Waals surface area contributed by atoms with Gasteiger partial charge in [0.15, 0.2) is 5.03 Å². The Kier molecular flexibility index (Phi) is 3.58. The molecule has 1 aliphatic heterocycles. The van der Waals surface area contributed by atoms with Gasteiger partial charge >= 0.3 is 10.2 Å². The maximum atomic E-state index is 12.7. The smallest absolute Gasteiger partial charge is 0.349 e. The van der Waals surface area contributed by atoms with E-state index in [2.05, 4.69) is 10.3 Å². The Balaban J connectivity index is 2.11. The molecule has 1 aromatic heterocycles. The van der Waals surface area contributed by atoms with Crippen molar-refractivity contribution in [2.45, 2.75) is 23.9 Å². The first kappa shape index (κ1) is 12.3. The lowest BCUT2D eigenvalue weighted by molar-refractivity contribution is 0.0904. The molecule has 0 amide bonds. The predicted molar refractivity (Wildman–Crippen MR) is 60.0 cm³/mol. The molecule has 0 bridgehead atoms. The summed E-state index contributed by atoms with van der Waals surface area (Å²) in [6.45, 7) is 1.33. The first-order valence-electron chi connectivity index (χ1n) is 5.32. The molecule has 0 saturated carbocycles. The van der Waals surface area contributed by atoms with E-state index in [1.54, 1.807) is 6.07 Å². The van der Waals surface area contributed by atoms with E-state index in [4.69, 9.17) is 4.74 Å². The van der Waals surface area contributed by atoms with E-state index in [1.165, 1.54) is 6.07 Å². The van der Waals surface area contributed by atoms with Gasteiger partial charge in [0.2, 0.25) is 0 Å². The summed E-state index contributed by atoms with van der Waals surface area (Å²) in [5.74, 6) is 0.371. The van der Waals surface area contributed by atoms with Crippen molar-refractivity contribution in [2.75, 3.05) is 18.5 Å². The third kappa shape index (κ3) is 3.37. The minimum atomic E-state index is -4.74. The van der Waals surface area contributed by atoms with Crippen molar-refractivity contribution in [2.24, 2.45) is 0 Å². The predicted octanol–water partition coefficient (Wildman–Crippen LogP) is 1.33.